The van der Waals surface area contributed by atoms with E-state index < -0.39 is 26.5 Å². The zero-order valence-corrected chi connectivity index (χ0v) is 41.8. The monoisotopic (exact) mass is 887 g/mol. The Labute approximate surface area is 377 Å². The highest BCUT2D eigenvalue weighted by Gasteiger charge is 2.27. The van der Waals surface area contributed by atoms with Gasteiger partial charge in [0.15, 0.2) is 6.10 Å². The molecule has 362 valence electrons. The summed E-state index contributed by atoms with van der Waals surface area (Å²) in [5, 5.41) is 0. The van der Waals surface area contributed by atoms with Crippen molar-refractivity contribution in [1.29, 1.82) is 0 Å². The molecule has 0 amide bonds. The van der Waals surface area contributed by atoms with E-state index in [1.807, 2.05) is 21.1 Å². The molecular weight excluding hydrogens is 786 g/mol. The molecule has 61 heavy (non-hydrogen) atoms. The Morgan fingerprint density at radius 1 is 0.492 bits per heavy atom. The van der Waals surface area contributed by atoms with Gasteiger partial charge in [0.05, 0.1) is 27.7 Å². The maximum absolute atomic E-state index is 12.7. The van der Waals surface area contributed by atoms with Gasteiger partial charge in [0, 0.05) is 12.8 Å². The third kappa shape index (κ3) is 48.1. The topological polar surface area (TPSA) is 108 Å². The summed E-state index contributed by atoms with van der Waals surface area (Å²) in [7, 11) is 1.48. The van der Waals surface area contributed by atoms with Crippen LogP contribution in [-0.2, 0) is 32.7 Å². The molecule has 0 bridgehead atoms. The van der Waals surface area contributed by atoms with E-state index in [9.17, 15) is 19.0 Å². The van der Waals surface area contributed by atoms with Gasteiger partial charge in [-0.2, -0.15) is 0 Å². The first-order chi connectivity index (χ1) is 29.5. The second-order valence-electron chi connectivity index (χ2n) is 18.9. The van der Waals surface area contributed by atoms with Crippen LogP contribution in [0.15, 0.2) is 12.2 Å². The number of nitrogens with zero attached hydrogens (tertiary/aromatic N) is 1. The fraction of sp³-hybridized carbons (Fsp3) is 0.922. The minimum atomic E-state index is -4.37. The number of phosphoric ester groups is 1. The first-order valence-electron chi connectivity index (χ1n) is 25.9. The number of ether oxygens (including phenoxy) is 2. The summed E-state index contributed by atoms with van der Waals surface area (Å²) in [6.07, 6.45) is 48.6. The van der Waals surface area contributed by atoms with Gasteiger partial charge in [-0.05, 0) is 32.1 Å². The Hall–Kier alpha value is -1.25. The number of hydrogen-bond donors (Lipinski definition) is 1. The standard InChI is InChI=1S/C51H100NO8P/c1-6-8-10-12-14-16-18-19-20-21-22-23-24-25-26-27-28-29-30-31-32-34-35-37-39-41-43-50(53)57-47-49(48-59-61(55,56)58-46-45-52(3,4)5)60-51(54)44-42-40-38-36-33-17-15-13-11-9-7-2/h13,15,49H,6-12,14,16-48H2,1-5H3/p+1/b15-13-. The number of rotatable bonds is 48. The van der Waals surface area contributed by atoms with Gasteiger partial charge in [-0.1, -0.05) is 219 Å². The number of quaternary nitrogens is 1. The molecule has 10 heteroatoms. The minimum absolute atomic E-state index is 0.0332. The van der Waals surface area contributed by atoms with Crippen molar-refractivity contribution >= 4 is 19.8 Å². The van der Waals surface area contributed by atoms with Gasteiger partial charge < -0.3 is 18.9 Å². The highest BCUT2D eigenvalue weighted by atomic mass is 31.2. The molecular formula is C51H101NO8P+. The van der Waals surface area contributed by atoms with Gasteiger partial charge in [-0.15, -0.1) is 0 Å². The number of hydrogen-bond acceptors (Lipinski definition) is 7. The largest absolute Gasteiger partial charge is 0.472 e. The molecule has 0 aliphatic carbocycles. The highest BCUT2D eigenvalue weighted by molar-refractivity contribution is 7.47. The summed E-state index contributed by atoms with van der Waals surface area (Å²) in [4.78, 5) is 35.4. The molecule has 9 nitrogen and oxygen atoms in total. The Balaban J connectivity index is 4.04. The number of likely N-dealkylation sites (N-methyl/N-ethyl adjacent to an activating group) is 1. The lowest BCUT2D eigenvalue weighted by molar-refractivity contribution is -0.870. The smallest absolute Gasteiger partial charge is 0.462 e. The number of unbranched alkanes of at least 4 members (excludes halogenated alkanes) is 32. The molecule has 2 unspecified atom stereocenters. The molecule has 0 heterocycles. The molecule has 1 N–H and O–H groups in total. The Morgan fingerprint density at radius 2 is 0.852 bits per heavy atom. The highest BCUT2D eigenvalue weighted by Crippen LogP contribution is 2.43. The van der Waals surface area contributed by atoms with Crippen LogP contribution in [0.4, 0.5) is 0 Å². The van der Waals surface area contributed by atoms with Crippen LogP contribution in [0, 0.1) is 0 Å². The van der Waals surface area contributed by atoms with Crippen molar-refractivity contribution in [3.8, 4) is 0 Å². The quantitative estimate of drug-likeness (QED) is 0.0212. The van der Waals surface area contributed by atoms with Gasteiger partial charge >= 0.3 is 19.8 Å². The minimum Gasteiger partial charge on any atom is -0.462 e. The molecule has 0 spiro atoms. The number of allylic oxidation sites excluding steroid dienone is 2. The number of esters is 2. The molecule has 0 saturated carbocycles. The molecule has 0 radical (unpaired) electrons. The summed E-state index contributed by atoms with van der Waals surface area (Å²) >= 11 is 0. The fourth-order valence-corrected chi connectivity index (χ4v) is 8.21. The SMILES string of the molecule is CCCC/C=C\CCCCCCCC(=O)OC(COC(=O)CCCCCCCCCCCCCCCCCCCCCCCCCCCC)COP(=O)(O)OCC[N+](C)(C)C. The third-order valence-electron chi connectivity index (χ3n) is 11.5. The van der Waals surface area contributed by atoms with Gasteiger partial charge in [-0.25, -0.2) is 4.57 Å². The van der Waals surface area contributed by atoms with E-state index in [1.165, 1.54) is 161 Å². The van der Waals surface area contributed by atoms with Gasteiger partial charge in [0.1, 0.15) is 19.8 Å². The fourth-order valence-electron chi connectivity index (χ4n) is 7.47. The Bertz CT molecular complexity index is 1050. The zero-order chi connectivity index (χ0) is 45.0. The zero-order valence-electron chi connectivity index (χ0n) is 40.9. The lowest BCUT2D eigenvalue weighted by atomic mass is 10.0. The van der Waals surface area contributed by atoms with E-state index >= 15 is 0 Å². The van der Waals surface area contributed by atoms with Crippen LogP contribution >= 0.6 is 7.82 Å². The first kappa shape index (κ1) is 59.8. The third-order valence-corrected chi connectivity index (χ3v) is 12.5. The van der Waals surface area contributed by atoms with Crippen LogP contribution in [-0.4, -0.2) is 74.9 Å². The summed E-state index contributed by atoms with van der Waals surface area (Å²) in [6, 6.07) is 0. The summed E-state index contributed by atoms with van der Waals surface area (Å²) in [6.45, 7) is 4.41. The van der Waals surface area contributed by atoms with E-state index in [1.54, 1.807) is 0 Å². The molecule has 0 aliphatic heterocycles. The van der Waals surface area contributed by atoms with Crippen LogP contribution in [0.1, 0.15) is 251 Å². The molecule has 0 aromatic rings. The van der Waals surface area contributed by atoms with Crippen molar-refractivity contribution in [2.24, 2.45) is 0 Å². The van der Waals surface area contributed by atoms with Gasteiger partial charge in [0.2, 0.25) is 0 Å². The molecule has 0 aliphatic rings. The molecule has 0 fully saturated rings. The molecule has 2 atom stereocenters. The van der Waals surface area contributed by atoms with Crippen molar-refractivity contribution in [3.63, 3.8) is 0 Å². The van der Waals surface area contributed by atoms with Crippen LogP contribution < -0.4 is 0 Å². The van der Waals surface area contributed by atoms with Crippen molar-refractivity contribution in [2.75, 3.05) is 47.5 Å². The average Bonchev–Trinajstić information content (AvgIpc) is 3.21. The second-order valence-corrected chi connectivity index (χ2v) is 20.4. The summed E-state index contributed by atoms with van der Waals surface area (Å²) < 4.78 is 34.4. The van der Waals surface area contributed by atoms with Gasteiger partial charge in [0.25, 0.3) is 0 Å². The van der Waals surface area contributed by atoms with E-state index in [0.717, 1.165) is 57.8 Å². The van der Waals surface area contributed by atoms with Crippen molar-refractivity contribution in [3.05, 3.63) is 12.2 Å². The van der Waals surface area contributed by atoms with E-state index in [-0.39, 0.29) is 25.6 Å². The normalized spacial score (nSPS) is 13.5. The van der Waals surface area contributed by atoms with Crippen LogP contribution in [0.2, 0.25) is 0 Å². The predicted molar refractivity (Wildman–Crippen MR) is 257 cm³/mol. The van der Waals surface area contributed by atoms with E-state index in [2.05, 4.69) is 26.0 Å². The Kier molecular flexibility index (Phi) is 43.1. The summed E-state index contributed by atoms with van der Waals surface area (Å²) in [5.74, 6) is -0.797. The number of carbonyl (C=O) groups excluding carboxylic acids is 2. The predicted octanol–water partition coefficient (Wildman–Crippen LogP) is 15.3. The lowest BCUT2D eigenvalue weighted by Crippen LogP contribution is -2.37. The first-order valence-corrected chi connectivity index (χ1v) is 27.4. The molecule has 0 aromatic carbocycles. The molecule has 0 saturated heterocycles. The number of carbonyl (C=O) groups is 2. The Morgan fingerprint density at radius 3 is 1.26 bits per heavy atom. The molecule has 0 rings (SSSR count). The summed E-state index contributed by atoms with van der Waals surface area (Å²) in [5.41, 5.74) is 0. The lowest BCUT2D eigenvalue weighted by Gasteiger charge is -2.24. The van der Waals surface area contributed by atoms with Crippen molar-refractivity contribution < 1.29 is 42.1 Å². The van der Waals surface area contributed by atoms with E-state index in [4.69, 9.17) is 18.5 Å². The maximum Gasteiger partial charge on any atom is 0.472 e. The van der Waals surface area contributed by atoms with E-state index in [0.29, 0.717) is 23.9 Å². The van der Waals surface area contributed by atoms with Gasteiger partial charge in [-0.3, -0.25) is 18.6 Å². The maximum atomic E-state index is 12.7. The molecule has 0 aromatic heterocycles. The van der Waals surface area contributed by atoms with Crippen molar-refractivity contribution in [2.45, 2.75) is 258 Å². The average molecular weight is 887 g/mol. The number of phosphoric acid groups is 1. The van der Waals surface area contributed by atoms with Crippen molar-refractivity contribution in [1.82, 2.24) is 0 Å². The second kappa shape index (κ2) is 44.0. The van der Waals surface area contributed by atoms with Crippen LogP contribution in [0.5, 0.6) is 0 Å². The van der Waals surface area contributed by atoms with Crippen LogP contribution in [0.3, 0.4) is 0 Å². The van der Waals surface area contributed by atoms with Crippen LogP contribution in [0.25, 0.3) is 0 Å².